The average Bonchev–Trinajstić information content (AvgIpc) is 1.60. The minimum absolute atomic E-state index is 0.0282. The predicted octanol–water partition coefficient (Wildman–Crippen LogP) is 15.9. The van der Waals surface area contributed by atoms with Crippen molar-refractivity contribution in [2.24, 2.45) is 0 Å². The minimum Gasteiger partial charge on any atom is -0.483 e. The average molecular weight is 1520 g/mol. The molecular weight excluding hydrogens is 1500 g/mol. The van der Waals surface area contributed by atoms with Crippen molar-refractivity contribution < 1.29 is 161 Å². The van der Waals surface area contributed by atoms with Gasteiger partial charge in [-0.15, -0.1) is 0 Å². The lowest BCUT2D eigenvalue weighted by Gasteiger charge is -2.20. The summed E-state index contributed by atoms with van der Waals surface area (Å²) in [7, 11) is 0. The fourth-order valence-electron chi connectivity index (χ4n) is 8.61. The summed E-state index contributed by atoms with van der Waals surface area (Å²) in [5.74, 6) is -19.9. The zero-order valence-corrected chi connectivity index (χ0v) is 47.4. The highest BCUT2D eigenvalue weighted by molar-refractivity contribution is 14.1. The highest BCUT2D eigenvalue weighted by atomic mass is 127. The van der Waals surface area contributed by atoms with E-state index in [-0.39, 0.29) is 32.5 Å². The summed E-state index contributed by atoms with van der Waals surface area (Å²) in [6, 6.07) is 3.59. The van der Waals surface area contributed by atoms with Crippen molar-refractivity contribution in [2.45, 2.75) is 55.6 Å². The van der Waals surface area contributed by atoms with Gasteiger partial charge in [-0.05, 0) is 40.8 Å². The van der Waals surface area contributed by atoms with Gasteiger partial charge in [0, 0.05) is 32.5 Å². The highest BCUT2D eigenvalue weighted by Crippen LogP contribution is 2.56. The second-order valence-corrected chi connectivity index (χ2v) is 20.5. The third-order valence-electron chi connectivity index (χ3n) is 11.7. The van der Waals surface area contributed by atoms with E-state index in [0.717, 1.165) is 12.1 Å². The van der Waals surface area contributed by atoms with Gasteiger partial charge in [0.25, 0.3) is 0 Å². The number of aromatic nitrogens is 8. The van der Waals surface area contributed by atoms with E-state index in [1.807, 2.05) is 0 Å². The van der Waals surface area contributed by atoms with Gasteiger partial charge >= 0.3 is 55.6 Å². The number of benzene rings is 4. The lowest BCUT2D eigenvalue weighted by atomic mass is 10.0. The van der Waals surface area contributed by atoms with Crippen LogP contribution in [0.4, 0.5) is 119 Å². The molecule has 2 aliphatic rings. The molecule has 0 aliphatic carbocycles. The van der Waals surface area contributed by atoms with Crippen LogP contribution in [0.1, 0.15) is 0 Å². The maximum Gasteiger partial charge on any atom is 0.422 e. The number of fused-ring (bicyclic) bond motifs is 20. The Labute approximate surface area is 518 Å². The molecule has 2 aliphatic heterocycles. The molecule has 0 fully saturated rings. The van der Waals surface area contributed by atoms with Crippen LogP contribution in [0, 0.1) is 3.57 Å². The number of hydrogen-bond acceptors (Lipinski definition) is 15. The summed E-state index contributed by atoms with van der Waals surface area (Å²) >= 11 is 1.65. The van der Waals surface area contributed by atoms with Gasteiger partial charge in [-0.3, -0.25) is 0 Å². The lowest BCUT2D eigenvalue weighted by Crippen LogP contribution is -2.22. The monoisotopic (exact) mass is 1520 g/mol. The molecule has 45 heteroatoms. The number of hydrogen-bond donors (Lipinski definition) is 2. The summed E-state index contributed by atoms with van der Waals surface area (Å²) in [5.41, 5.74) is -9.78. The van der Waals surface area contributed by atoms with Crippen LogP contribution < -0.4 is 42.6 Å². The smallest absolute Gasteiger partial charge is 0.422 e. The number of ether oxygens (including phenoxy) is 9. The maximum absolute atomic E-state index is 14.3. The van der Waals surface area contributed by atoms with Crippen molar-refractivity contribution in [3.8, 4) is 97.3 Å². The van der Waals surface area contributed by atoms with Crippen molar-refractivity contribution >= 4 is 66.7 Å². The van der Waals surface area contributed by atoms with Gasteiger partial charge in [0.05, 0.1) is 33.0 Å². The van der Waals surface area contributed by atoms with Gasteiger partial charge < -0.3 is 52.6 Å². The third-order valence-corrected chi connectivity index (χ3v) is 12.4. The third kappa shape index (κ3) is 17.8. The van der Waals surface area contributed by atoms with Crippen LogP contribution in [0.2, 0.25) is 0 Å². The molecule has 7 aromatic rings. The molecule has 95 heavy (non-hydrogen) atoms. The molecular formula is C50H26F27IN8O9. The highest BCUT2D eigenvalue weighted by Gasteiger charge is 2.43. The maximum atomic E-state index is 14.3. The summed E-state index contributed by atoms with van der Waals surface area (Å²) in [5, 5.41) is -3.62. The molecule has 0 saturated heterocycles. The molecule has 516 valence electrons. The van der Waals surface area contributed by atoms with E-state index in [0.29, 0.717) is 0 Å². The summed E-state index contributed by atoms with van der Waals surface area (Å²) in [6.07, 6.45) is -49.8. The fourth-order valence-corrected chi connectivity index (χ4v) is 9.10. The van der Waals surface area contributed by atoms with E-state index >= 15 is 0 Å². The van der Waals surface area contributed by atoms with Gasteiger partial charge in [-0.2, -0.15) is 119 Å². The number of nitrogens with zero attached hydrogens (tertiary/aromatic N) is 6. The van der Waals surface area contributed by atoms with Crippen LogP contribution in [0.5, 0.6) is 51.7 Å². The quantitative estimate of drug-likeness (QED) is 0.0608. The molecule has 9 rings (SSSR count). The summed E-state index contributed by atoms with van der Waals surface area (Å²) in [6.45, 7) is -23.1. The number of nitrogens with one attached hydrogen (secondary N) is 2. The first kappa shape index (κ1) is 70.6. The Kier molecular flexibility index (Phi) is 18.7. The first-order valence-electron chi connectivity index (χ1n) is 25.1. The minimum atomic E-state index is -5.64. The van der Waals surface area contributed by atoms with E-state index in [1.54, 1.807) is 22.6 Å². The zero-order valence-electron chi connectivity index (χ0n) is 45.3. The standard InChI is InChI=1S/C50H26F27IN8O9/c51-42(52,53)7-87-19-4-23(91-11-46(63,64)65)32(94-14-49(72,73)74)29-25(19)36-81-35-18-3-16(78)1-2-17(18)34(79-35)80-39-28-26(20(88-8-43(54,55)56)5-22(90-10-45(60,61)62)31(28)93-13-48(69,70)71)37(83-39)84-41-30-27(38(86-41)85-40(29)82-36)21(89-9-44(57,58)59)6-24(92-12-47(66,67)68)33(30)95-15-50(75,76)77/h1-6H,7-15H2,(H2,79,80,81,82,83,84,85,86). The molecule has 0 atom stereocenters. The van der Waals surface area contributed by atoms with E-state index in [4.69, 9.17) is 37.9 Å². The van der Waals surface area contributed by atoms with Crippen LogP contribution in [0.3, 0.4) is 0 Å². The molecule has 0 saturated carbocycles. The number of alkyl halides is 27. The van der Waals surface area contributed by atoms with Crippen molar-refractivity contribution in [2.75, 3.05) is 59.5 Å². The fraction of sp³-hybridized carbons (Fsp3) is 0.360. The van der Waals surface area contributed by atoms with Crippen molar-refractivity contribution in [1.82, 2.24) is 39.9 Å². The van der Waals surface area contributed by atoms with E-state index in [2.05, 4.69) is 44.6 Å². The van der Waals surface area contributed by atoms with Crippen molar-refractivity contribution in [3.63, 3.8) is 0 Å². The second-order valence-electron chi connectivity index (χ2n) is 19.3. The second kappa shape index (κ2) is 25.1. The largest absolute Gasteiger partial charge is 0.483 e. The van der Waals surface area contributed by atoms with Crippen molar-refractivity contribution in [1.29, 1.82) is 0 Å². The topological polar surface area (TPSA) is 192 Å². The van der Waals surface area contributed by atoms with Crippen LogP contribution in [0.25, 0.3) is 89.7 Å². The first-order chi connectivity index (χ1) is 43.5. The van der Waals surface area contributed by atoms with Gasteiger partial charge in [0.2, 0.25) is 0 Å². The molecule has 0 radical (unpaired) electrons. The molecule has 5 heterocycles. The van der Waals surface area contributed by atoms with Gasteiger partial charge in [-0.1, -0.05) is 0 Å². The van der Waals surface area contributed by atoms with Gasteiger partial charge in [-0.25, -0.2) is 29.9 Å². The molecule has 0 amide bonds. The predicted molar refractivity (Wildman–Crippen MR) is 273 cm³/mol. The summed E-state index contributed by atoms with van der Waals surface area (Å²) < 4.78 is 424. The molecule has 2 N–H and O–H groups in total. The van der Waals surface area contributed by atoms with Gasteiger partial charge in [0.15, 0.2) is 117 Å². The van der Waals surface area contributed by atoms with Crippen molar-refractivity contribution in [3.05, 3.63) is 40.0 Å². The molecule has 3 aromatic heterocycles. The summed E-state index contributed by atoms with van der Waals surface area (Å²) in [4.78, 5) is 29.2. The van der Waals surface area contributed by atoms with Crippen LogP contribution >= 0.6 is 22.6 Å². The van der Waals surface area contributed by atoms with E-state index in [9.17, 15) is 119 Å². The number of H-pyrrole nitrogens is 2. The van der Waals surface area contributed by atoms with Crippen LogP contribution in [-0.2, 0) is 0 Å². The van der Waals surface area contributed by atoms with E-state index in [1.165, 1.54) is 6.07 Å². The Hall–Kier alpha value is -8.72. The normalized spacial score (nSPS) is 13.4. The molecule has 8 bridgehead atoms. The molecule has 17 nitrogen and oxygen atoms in total. The number of rotatable bonds is 18. The Bertz CT molecular complexity index is 4250. The number of aromatic amines is 2. The SMILES string of the molecule is FC(F)(F)COc1cc(OCC(F)(F)F)c2c(c1OCC(F)(F)F)-c1nc-2nc2[nH]c(nc3nc(nc4[nH]c(n1)c1ccc(I)cc41)-c1c(OCC(F)(F)F)cc(OCC(F)(F)F)c(OCC(F)(F)F)c1-3)c1c(OCC(F)(F)F)cc(OCC(F)(F)F)c(OCC(F)(F)F)c21. The van der Waals surface area contributed by atoms with E-state index < -0.39 is 246 Å². The van der Waals surface area contributed by atoms with Crippen LogP contribution in [0.15, 0.2) is 36.4 Å². The lowest BCUT2D eigenvalue weighted by molar-refractivity contribution is -0.158. The van der Waals surface area contributed by atoms with Crippen LogP contribution in [-0.4, -0.2) is 155 Å². The Morgan fingerprint density at radius 2 is 0.547 bits per heavy atom. The zero-order chi connectivity index (χ0) is 70.1. The van der Waals surface area contributed by atoms with Gasteiger partial charge in [0.1, 0.15) is 39.8 Å². The Morgan fingerprint density at radius 1 is 0.274 bits per heavy atom. The Balaban J connectivity index is 1.60. The first-order valence-corrected chi connectivity index (χ1v) is 26.1. The molecule has 0 unspecified atom stereocenters. The Morgan fingerprint density at radius 3 is 0.926 bits per heavy atom. The molecule has 4 aromatic carbocycles. The molecule has 0 spiro atoms. The number of halogens is 28.